The lowest BCUT2D eigenvalue weighted by Crippen LogP contribution is -2.52. The van der Waals surface area contributed by atoms with Crippen LogP contribution in [0.5, 0.6) is 0 Å². The van der Waals surface area contributed by atoms with E-state index in [4.69, 9.17) is 0 Å². The monoisotopic (exact) mass is 350 g/mol. The maximum Gasteiger partial charge on any atom is 0.423 e. The summed E-state index contributed by atoms with van der Waals surface area (Å²) in [5.41, 5.74) is -1.69. The van der Waals surface area contributed by atoms with Gasteiger partial charge in [0.2, 0.25) is 6.10 Å². The van der Waals surface area contributed by atoms with Gasteiger partial charge < -0.3 is 4.74 Å². The maximum atomic E-state index is 12.8. The summed E-state index contributed by atoms with van der Waals surface area (Å²) in [5, 5.41) is 0. The molecule has 0 aromatic carbocycles. The van der Waals surface area contributed by atoms with Crippen LogP contribution >= 0.6 is 0 Å². The molecule has 2 atom stereocenters. The zero-order valence-corrected chi connectivity index (χ0v) is 15.0. The fourth-order valence-corrected chi connectivity index (χ4v) is 2.81. The molecule has 0 bridgehead atoms. The van der Waals surface area contributed by atoms with E-state index in [0.717, 1.165) is 0 Å². The van der Waals surface area contributed by atoms with Crippen LogP contribution in [0.3, 0.4) is 0 Å². The van der Waals surface area contributed by atoms with Crippen molar-refractivity contribution in [2.75, 3.05) is 0 Å². The third-order valence-electron chi connectivity index (χ3n) is 4.44. The molecule has 23 heavy (non-hydrogen) atoms. The van der Waals surface area contributed by atoms with E-state index in [2.05, 4.69) is 4.74 Å². The molecule has 0 aromatic heterocycles. The van der Waals surface area contributed by atoms with E-state index in [9.17, 15) is 26.3 Å². The van der Waals surface area contributed by atoms with E-state index in [0.29, 0.717) is 6.42 Å². The van der Waals surface area contributed by atoms with Gasteiger partial charge in [0.15, 0.2) is 0 Å². The van der Waals surface area contributed by atoms with Gasteiger partial charge in [-0.3, -0.25) is 0 Å². The molecule has 0 rings (SSSR count). The van der Waals surface area contributed by atoms with E-state index >= 15 is 0 Å². The summed E-state index contributed by atoms with van der Waals surface area (Å²) >= 11 is 0. The second kappa shape index (κ2) is 6.45. The maximum absolute atomic E-state index is 12.8. The Hall–Kier alpha value is -0.460. The van der Waals surface area contributed by atoms with Crippen molar-refractivity contribution in [3.05, 3.63) is 0 Å². The normalized spacial score (nSPS) is 18.9. The van der Waals surface area contributed by atoms with Crippen molar-refractivity contribution in [3.8, 4) is 0 Å². The zero-order chi connectivity index (χ0) is 19.1. The average Bonchev–Trinajstić information content (AvgIpc) is 2.17. The average molecular weight is 350 g/mol. The lowest BCUT2D eigenvalue weighted by molar-refractivity contribution is -0.340. The van der Waals surface area contributed by atoms with Crippen molar-refractivity contribution in [3.63, 3.8) is 0 Å². The molecular weight excluding hydrogens is 322 g/mol. The highest BCUT2D eigenvalue weighted by Crippen LogP contribution is 2.51. The molecule has 0 amide bonds. The van der Waals surface area contributed by atoms with Crippen molar-refractivity contribution in [1.29, 1.82) is 0 Å². The number of hydrogen-bond acceptors (Lipinski definition) is 1. The van der Waals surface area contributed by atoms with Gasteiger partial charge in [-0.05, 0) is 29.6 Å². The van der Waals surface area contributed by atoms with Gasteiger partial charge in [-0.2, -0.15) is 26.3 Å². The van der Waals surface area contributed by atoms with Gasteiger partial charge in [-0.15, -0.1) is 0 Å². The third-order valence-corrected chi connectivity index (χ3v) is 4.44. The summed E-state index contributed by atoms with van der Waals surface area (Å²) in [4.78, 5) is 0. The van der Waals surface area contributed by atoms with E-state index in [1.54, 1.807) is 27.7 Å². The number of halogens is 6. The molecule has 2 unspecified atom stereocenters. The molecule has 0 aliphatic heterocycles. The SMILES string of the molecule is CC(OC(C(F)(F)F)C(F)(F)F)C(C)(CC(C)(C)C)C(C)(C)C. The summed E-state index contributed by atoms with van der Waals surface area (Å²) in [6.07, 6.45) is -15.6. The van der Waals surface area contributed by atoms with Crippen LogP contribution in [0.2, 0.25) is 0 Å². The highest BCUT2D eigenvalue weighted by molar-refractivity contribution is 4.95. The molecule has 0 radical (unpaired) electrons. The molecule has 0 N–H and O–H groups in total. The molecule has 0 saturated carbocycles. The molecule has 1 nitrogen and oxygen atoms in total. The van der Waals surface area contributed by atoms with Crippen LogP contribution in [0.4, 0.5) is 26.3 Å². The summed E-state index contributed by atoms with van der Waals surface area (Å²) in [7, 11) is 0. The summed E-state index contributed by atoms with van der Waals surface area (Å²) < 4.78 is 81.1. The highest BCUT2D eigenvalue weighted by atomic mass is 19.4. The predicted octanol–water partition coefficient (Wildman–Crippen LogP) is 6.37. The Balaban J connectivity index is 5.68. The third kappa shape index (κ3) is 6.16. The fraction of sp³-hybridized carbons (Fsp3) is 1.00. The van der Waals surface area contributed by atoms with Crippen molar-refractivity contribution in [1.82, 2.24) is 0 Å². The van der Waals surface area contributed by atoms with Crippen LogP contribution in [0, 0.1) is 16.2 Å². The molecule has 0 aromatic rings. The van der Waals surface area contributed by atoms with Crippen molar-refractivity contribution < 1.29 is 31.1 Å². The Morgan fingerprint density at radius 2 is 1.09 bits per heavy atom. The first-order chi connectivity index (χ1) is 9.72. The molecule has 0 saturated heterocycles. The van der Waals surface area contributed by atoms with Crippen molar-refractivity contribution in [2.45, 2.75) is 86.4 Å². The Morgan fingerprint density at radius 3 is 1.30 bits per heavy atom. The molecule has 0 spiro atoms. The largest absolute Gasteiger partial charge is 0.423 e. The molecular formula is C16H28F6O. The van der Waals surface area contributed by atoms with E-state index in [1.165, 1.54) is 6.92 Å². The minimum Gasteiger partial charge on any atom is -0.357 e. The quantitative estimate of drug-likeness (QED) is 0.535. The predicted molar refractivity (Wildman–Crippen MR) is 78.1 cm³/mol. The first-order valence-corrected chi connectivity index (χ1v) is 7.51. The van der Waals surface area contributed by atoms with E-state index < -0.39 is 35.4 Å². The molecule has 0 aliphatic rings. The number of ether oxygens (including phenoxy) is 1. The summed E-state index contributed by atoms with van der Waals surface area (Å²) in [5.74, 6) is 0. The Labute approximate surface area is 134 Å². The van der Waals surface area contributed by atoms with Gasteiger partial charge in [-0.25, -0.2) is 0 Å². The molecule has 140 valence electrons. The van der Waals surface area contributed by atoms with Gasteiger partial charge in [0, 0.05) is 0 Å². The van der Waals surface area contributed by atoms with Gasteiger partial charge in [0.25, 0.3) is 0 Å². The van der Waals surface area contributed by atoms with E-state index in [-0.39, 0.29) is 5.41 Å². The standard InChI is InChI=1S/C16H28F6O/c1-10(23-11(15(17,18)19)16(20,21)22)14(8,13(5,6)7)9-12(2,3)4/h10-11H,9H2,1-8H3. The Bertz CT molecular complexity index is 371. The van der Waals surface area contributed by atoms with Gasteiger partial charge >= 0.3 is 12.4 Å². The molecule has 0 aliphatic carbocycles. The smallest absolute Gasteiger partial charge is 0.357 e. The zero-order valence-electron chi connectivity index (χ0n) is 15.0. The summed E-state index contributed by atoms with van der Waals surface area (Å²) in [6, 6.07) is 0. The summed E-state index contributed by atoms with van der Waals surface area (Å²) in [6.45, 7) is 14.1. The minimum absolute atomic E-state index is 0.272. The Kier molecular flexibility index (Phi) is 6.32. The van der Waals surface area contributed by atoms with Crippen LogP contribution in [0.1, 0.15) is 61.8 Å². The van der Waals surface area contributed by atoms with Gasteiger partial charge in [-0.1, -0.05) is 48.5 Å². The second-order valence-electron chi connectivity index (χ2n) is 8.65. The van der Waals surface area contributed by atoms with Crippen molar-refractivity contribution >= 4 is 0 Å². The fourth-order valence-electron chi connectivity index (χ4n) is 2.81. The second-order valence-corrected chi connectivity index (χ2v) is 8.65. The van der Waals surface area contributed by atoms with E-state index in [1.807, 2.05) is 20.8 Å². The molecule has 0 heterocycles. The van der Waals surface area contributed by atoms with Crippen LogP contribution in [0.15, 0.2) is 0 Å². The molecule has 7 heteroatoms. The highest BCUT2D eigenvalue weighted by Gasteiger charge is 2.60. The first kappa shape index (κ1) is 22.5. The number of alkyl halides is 6. The number of hydrogen-bond donors (Lipinski definition) is 0. The number of rotatable bonds is 4. The molecule has 0 fully saturated rings. The lowest BCUT2D eigenvalue weighted by Gasteiger charge is -2.50. The van der Waals surface area contributed by atoms with Gasteiger partial charge in [0.05, 0.1) is 6.10 Å². The van der Waals surface area contributed by atoms with Crippen LogP contribution < -0.4 is 0 Å². The topological polar surface area (TPSA) is 9.23 Å². The minimum atomic E-state index is -5.49. The van der Waals surface area contributed by atoms with Crippen molar-refractivity contribution in [2.24, 2.45) is 16.2 Å². The van der Waals surface area contributed by atoms with Gasteiger partial charge in [0.1, 0.15) is 0 Å². The first-order valence-electron chi connectivity index (χ1n) is 7.51. The Morgan fingerprint density at radius 1 is 0.739 bits per heavy atom. The lowest BCUT2D eigenvalue weighted by atomic mass is 9.59. The van der Waals surface area contributed by atoms with Crippen LogP contribution in [-0.2, 0) is 4.74 Å². The van der Waals surface area contributed by atoms with Crippen LogP contribution in [-0.4, -0.2) is 24.6 Å². The van der Waals surface area contributed by atoms with Crippen LogP contribution in [0.25, 0.3) is 0 Å².